The van der Waals surface area contributed by atoms with Gasteiger partial charge in [-0.1, -0.05) is 34.6 Å². The molecule has 0 bridgehead atoms. The summed E-state index contributed by atoms with van der Waals surface area (Å²) in [6.07, 6.45) is 9.34. The molecule has 0 aromatic carbocycles. The van der Waals surface area contributed by atoms with Crippen LogP contribution in [0.4, 0.5) is 0 Å². The van der Waals surface area contributed by atoms with E-state index in [2.05, 4.69) is 34.6 Å². The van der Waals surface area contributed by atoms with E-state index in [4.69, 9.17) is 4.74 Å². The van der Waals surface area contributed by atoms with Crippen LogP contribution in [0, 0.1) is 51.2 Å². The highest BCUT2D eigenvalue weighted by atomic mass is 16.5. The van der Waals surface area contributed by atoms with E-state index in [1.54, 1.807) is 0 Å². The van der Waals surface area contributed by atoms with Gasteiger partial charge in [0.2, 0.25) is 0 Å². The predicted octanol–water partition coefficient (Wildman–Crippen LogP) is 5.76. The molecule has 4 unspecified atom stereocenters. The van der Waals surface area contributed by atoms with Crippen LogP contribution in [0.3, 0.4) is 0 Å². The third kappa shape index (κ3) is 1.53. The highest BCUT2D eigenvalue weighted by molar-refractivity contribution is 5.92. The molecule has 148 valence electrons. The largest absolute Gasteiger partial charge is 0.458 e. The van der Waals surface area contributed by atoms with Gasteiger partial charge in [-0.25, -0.2) is 4.79 Å². The average Bonchev–Trinajstić information content (AvgIpc) is 3.21. The lowest BCUT2D eigenvalue weighted by molar-refractivity contribution is -0.270. The summed E-state index contributed by atoms with van der Waals surface area (Å²) in [6, 6.07) is 0. The Morgan fingerprint density at radius 1 is 1.11 bits per heavy atom. The van der Waals surface area contributed by atoms with Gasteiger partial charge in [0, 0.05) is 5.57 Å². The van der Waals surface area contributed by atoms with Gasteiger partial charge in [0.15, 0.2) is 0 Å². The quantitative estimate of drug-likeness (QED) is 0.550. The van der Waals surface area contributed by atoms with E-state index in [1.165, 1.54) is 44.1 Å². The molecule has 1 heterocycles. The second-order valence-corrected chi connectivity index (χ2v) is 12.0. The third-order valence-corrected chi connectivity index (χ3v) is 12.0. The Bertz CT molecular complexity index is 779. The molecule has 2 spiro atoms. The zero-order valence-electron chi connectivity index (χ0n) is 17.9. The fourth-order valence-electron chi connectivity index (χ4n) is 10.1. The molecule has 6 aliphatic rings. The van der Waals surface area contributed by atoms with Crippen LogP contribution in [0.2, 0.25) is 0 Å². The first-order valence-electron chi connectivity index (χ1n) is 11.6. The van der Waals surface area contributed by atoms with Crippen LogP contribution in [-0.2, 0) is 9.53 Å². The van der Waals surface area contributed by atoms with Crippen molar-refractivity contribution in [3.63, 3.8) is 0 Å². The van der Waals surface area contributed by atoms with Gasteiger partial charge < -0.3 is 4.74 Å². The highest BCUT2D eigenvalue weighted by Gasteiger charge is 2.84. The summed E-state index contributed by atoms with van der Waals surface area (Å²) in [7, 11) is 0. The van der Waals surface area contributed by atoms with Gasteiger partial charge in [-0.3, -0.25) is 0 Å². The lowest BCUT2D eigenvalue weighted by Gasteiger charge is -2.76. The number of hydrogen-bond acceptors (Lipinski definition) is 2. The molecule has 0 amide bonds. The molecule has 4 saturated carbocycles. The zero-order chi connectivity index (χ0) is 19.0. The van der Waals surface area contributed by atoms with Crippen molar-refractivity contribution in [2.24, 2.45) is 51.2 Å². The molecule has 1 aliphatic heterocycles. The van der Waals surface area contributed by atoms with Crippen molar-refractivity contribution >= 4 is 5.97 Å². The highest BCUT2D eigenvalue weighted by Crippen LogP contribution is 2.91. The van der Waals surface area contributed by atoms with E-state index in [1.807, 2.05) is 0 Å². The Labute approximate surface area is 164 Å². The van der Waals surface area contributed by atoms with E-state index in [-0.39, 0.29) is 5.97 Å². The molecule has 2 heteroatoms. The lowest BCUT2D eigenvalue weighted by atomic mass is 9.28. The predicted molar refractivity (Wildman–Crippen MR) is 106 cm³/mol. The maximum Gasteiger partial charge on any atom is 0.334 e. The van der Waals surface area contributed by atoms with Crippen LogP contribution in [0.5, 0.6) is 0 Å². The Hall–Kier alpha value is -0.790. The number of hydrogen-bond donors (Lipinski definition) is 0. The van der Waals surface area contributed by atoms with Crippen LogP contribution >= 0.6 is 0 Å². The second kappa shape index (κ2) is 4.68. The lowest BCUT2D eigenvalue weighted by Crippen LogP contribution is -2.70. The minimum Gasteiger partial charge on any atom is -0.458 e. The standard InChI is InChI=1S/C25H36O2/c1-14(2)22(4)11-16-6-9-25(16)23(5)8-7-18-19(13-27-21(18)26)20(23)10-17-12-24(17,25)15(22)3/h14-17,20H,6-13H2,1-5H3/t15-,16?,17?,20+,22+,23+,24?,25?/m1/s1. The summed E-state index contributed by atoms with van der Waals surface area (Å²) in [6.45, 7) is 13.5. The van der Waals surface area contributed by atoms with Crippen LogP contribution in [0.25, 0.3) is 0 Å². The van der Waals surface area contributed by atoms with Gasteiger partial charge in [0.1, 0.15) is 6.61 Å². The van der Waals surface area contributed by atoms with Gasteiger partial charge in [0.25, 0.3) is 0 Å². The molecule has 0 aromatic heterocycles. The maximum atomic E-state index is 12.3. The normalized spacial score (nSPS) is 57.8. The Balaban J connectivity index is 1.50. The van der Waals surface area contributed by atoms with Crippen molar-refractivity contribution < 1.29 is 9.53 Å². The number of esters is 1. The van der Waals surface area contributed by atoms with Gasteiger partial charge in [-0.05, 0) is 102 Å². The summed E-state index contributed by atoms with van der Waals surface area (Å²) in [5, 5.41) is 0. The maximum absolute atomic E-state index is 12.3. The average molecular weight is 369 g/mol. The van der Waals surface area contributed by atoms with Crippen molar-refractivity contribution in [3.8, 4) is 0 Å². The molecular weight excluding hydrogens is 332 g/mol. The molecule has 6 rings (SSSR count). The number of rotatable bonds is 1. The number of fused-ring (bicyclic) bond motifs is 2. The summed E-state index contributed by atoms with van der Waals surface area (Å²) in [5.41, 5.74) is 4.54. The topological polar surface area (TPSA) is 26.3 Å². The minimum absolute atomic E-state index is 0.00624. The number of cyclic esters (lactones) is 1. The molecule has 8 atom stereocenters. The smallest absolute Gasteiger partial charge is 0.334 e. The van der Waals surface area contributed by atoms with Gasteiger partial charge in [0.05, 0.1) is 0 Å². The van der Waals surface area contributed by atoms with Crippen molar-refractivity contribution in [1.29, 1.82) is 0 Å². The zero-order valence-corrected chi connectivity index (χ0v) is 17.9. The first-order valence-corrected chi connectivity index (χ1v) is 11.6. The van der Waals surface area contributed by atoms with Crippen molar-refractivity contribution in [1.82, 2.24) is 0 Å². The first kappa shape index (κ1) is 17.1. The first-order chi connectivity index (χ1) is 12.7. The molecule has 27 heavy (non-hydrogen) atoms. The van der Waals surface area contributed by atoms with Gasteiger partial charge in [-0.15, -0.1) is 0 Å². The van der Waals surface area contributed by atoms with Crippen molar-refractivity contribution in [3.05, 3.63) is 11.1 Å². The molecule has 2 nitrogen and oxygen atoms in total. The summed E-state index contributed by atoms with van der Waals surface area (Å²) in [4.78, 5) is 12.3. The molecule has 5 aliphatic carbocycles. The Morgan fingerprint density at radius 3 is 2.56 bits per heavy atom. The van der Waals surface area contributed by atoms with E-state index in [0.29, 0.717) is 34.2 Å². The molecule has 4 fully saturated rings. The Morgan fingerprint density at radius 2 is 1.89 bits per heavy atom. The fraction of sp³-hybridized carbons (Fsp3) is 0.880. The SMILES string of the molecule is CC(C)[C@]1(C)CC2CCC23C2(CC2C[C@H]2C4=C(CC[C@@]23C)C(=O)OC4)[C@@H]1C. The monoisotopic (exact) mass is 368 g/mol. The van der Waals surface area contributed by atoms with Crippen LogP contribution in [0.15, 0.2) is 11.1 Å². The van der Waals surface area contributed by atoms with E-state index in [9.17, 15) is 4.79 Å². The Kier molecular flexibility index (Phi) is 2.96. The molecule has 0 saturated heterocycles. The van der Waals surface area contributed by atoms with Crippen molar-refractivity contribution in [2.75, 3.05) is 6.61 Å². The summed E-state index contributed by atoms with van der Waals surface area (Å²) in [5.74, 6) is 4.04. The number of ether oxygens (including phenoxy) is 1. The molecular formula is C25H36O2. The number of carbonyl (C=O) groups is 1. The van der Waals surface area contributed by atoms with Crippen molar-refractivity contribution in [2.45, 2.75) is 79.6 Å². The van der Waals surface area contributed by atoms with Crippen LogP contribution in [-0.4, -0.2) is 12.6 Å². The van der Waals surface area contributed by atoms with Crippen LogP contribution < -0.4 is 0 Å². The van der Waals surface area contributed by atoms with E-state index in [0.717, 1.165) is 35.7 Å². The van der Waals surface area contributed by atoms with E-state index < -0.39 is 0 Å². The molecule has 0 radical (unpaired) electrons. The molecule has 0 N–H and O–H groups in total. The summed E-state index contributed by atoms with van der Waals surface area (Å²) < 4.78 is 5.53. The van der Waals surface area contributed by atoms with E-state index >= 15 is 0 Å². The minimum atomic E-state index is 0.00624. The number of carbonyl (C=O) groups excluding carboxylic acids is 1. The van der Waals surface area contributed by atoms with Gasteiger partial charge in [-0.2, -0.15) is 0 Å². The van der Waals surface area contributed by atoms with Crippen LogP contribution in [0.1, 0.15) is 79.6 Å². The molecule has 0 aromatic rings. The van der Waals surface area contributed by atoms with Gasteiger partial charge >= 0.3 is 5.97 Å². The second-order valence-electron chi connectivity index (χ2n) is 12.0. The summed E-state index contributed by atoms with van der Waals surface area (Å²) >= 11 is 0. The fourth-order valence-corrected chi connectivity index (χ4v) is 10.1. The third-order valence-electron chi connectivity index (χ3n) is 12.0.